The van der Waals surface area contributed by atoms with E-state index in [2.05, 4.69) is 38.7 Å². The third kappa shape index (κ3) is 1.84. The van der Waals surface area contributed by atoms with Crippen LogP contribution in [0.1, 0.15) is 26.3 Å². The van der Waals surface area contributed by atoms with Gasteiger partial charge in [0.1, 0.15) is 12.4 Å². The lowest BCUT2D eigenvalue weighted by molar-refractivity contribution is 0.345. The highest BCUT2D eigenvalue weighted by atomic mass is 16.5. The van der Waals surface area contributed by atoms with E-state index in [0.29, 0.717) is 6.61 Å². The molecule has 1 aromatic rings. The molecule has 0 atom stereocenters. The minimum absolute atomic E-state index is 0.110. The number of hydrogen-bond donors (Lipinski definition) is 1. The van der Waals surface area contributed by atoms with Crippen molar-refractivity contribution in [3.05, 3.63) is 36.0 Å². The zero-order valence-electron chi connectivity index (χ0n) is 9.55. The van der Waals surface area contributed by atoms with E-state index in [1.807, 2.05) is 12.1 Å². The molecule has 80 valence electrons. The molecule has 0 saturated heterocycles. The molecule has 1 N–H and O–H groups in total. The topological polar surface area (TPSA) is 21.3 Å². The minimum Gasteiger partial charge on any atom is -0.485 e. The summed E-state index contributed by atoms with van der Waals surface area (Å²) < 4.78 is 5.61. The Morgan fingerprint density at radius 2 is 2.07 bits per heavy atom. The van der Waals surface area contributed by atoms with Crippen LogP contribution in [0.25, 0.3) is 0 Å². The van der Waals surface area contributed by atoms with Crippen molar-refractivity contribution in [2.45, 2.75) is 26.2 Å². The molecular weight excluding hydrogens is 186 g/mol. The van der Waals surface area contributed by atoms with Gasteiger partial charge in [0.2, 0.25) is 0 Å². The molecule has 0 saturated carbocycles. The van der Waals surface area contributed by atoms with Crippen molar-refractivity contribution in [2.75, 3.05) is 11.9 Å². The summed E-state index contributed by atoms with van der Waals surface area (Å²) in [7, 11) is 0. The van der Waals surface area contributed by atoms with Gasteiger partial charge in [0.25, 0.3) is 0 Å². The van der Waals surface area contributed by atoms with Crippen molar-refractivity contribution in [1.82, 2.24) is 0 Å². The fourth-order valence-electron chi connectivity index (χ4n) is 1.78. The standard InChI is InChI=1S/C13H17NO/c1-9-8-15-11-7-5-6-10(12(11)14-9)13(2,3)4/h5-7,14H,1,8H2,2-4H3. The van der Waals surface area contributed by atoms with Gasteiger partial charge < -0.3 is 10.1 Å². The second-order valence-corrected chi connectivity index (χ2v) is 4.95. The van der Waals surface area contributed by atoms with E-state index in [1.165, 1.54) is 5.56 Å². The smallest absolute Gasteiger partial charge is 0.143 e. The van der Waals surface area contributed by atoms with Gasteiger partial charge >= 0.3 is 0 Å². The number of fused-ring (bicyclic) bond motifs is 1. The van der Waals surface area contributed by atoms with Gasteiger partial charge in [0, 0.05) is 5.70 Å². The van der Waals surface area contributed by atoms with E-state index >= 15 is 0 Å². The molecule has 1 aromatic carbocycles. The highest BCUT2D eigenvalue weighted by Crippen LogP contribution is 2.38. The molecule has 1 aliphatic heterocycles. The summed E-state index contributed by atoms with van der Waals surface area (Å²) in [4.78, 5) is 0. The maximum absolute atomic E-state index is 5.61. The van der Waals surface area contributed by atoms with Gasteiger partial charge in [-0.25, -0.2) is 0 Å². The Bertz CT molecular complexity index is 401. The quantitative estimate of drug-likeness (QED) is 0.698. The first-order chi connectivity index (χ1) is 6.98. The predicted molar refractivity (Wildman–Crippen MR) is 63.4 cm³/mol. The van der Waals surface area contributed by atoms with Crippen LogP contribution in [-0.2, 0) is 5.41 Å². The lowest BCUT2D eigenvalue weighted by Crippen LogP contribution is -2.21. The Kier molecular flexibility index (Phi) is 2.22. The van der Waals surface area contributed by atoms with Gasteiger partial charge in [-0.3, -0.25) is 0 Å². The molecule has 2 rings (SSSR count). The number of nitrogens with one attached hydrogen (secondary N) is 1. The Morgan fingerprint density at radius 1 is 1.33 bits per heavy atom. The van der Waals surface area contributed by atoms with Crippen LogP contribution in [0.15, 0.2) is 30.5 Å². The molecule has 0 amide bonds. The van der Waals surface area contributed by atoms with Crippen LogP contribution < -0.4 is 10.1 Å². The maximum Gasteiger partial charge on any atom is 0.143 e. The number of anilines is 1. The van der Waals surface area contributed by atoms with Crippen LogP contribution in [0, 0.1) is 0 Å². The molecule has 0 unspecified atom stereocenters. The van der Waals surface area contributed by atoms with Crippen molar-refractivity contribution in [3.63, 3.8) is 0 Å². The summed E-state index contributed by atoms with van der Waals surface area (Å²) in [6.45, 7) is 11.0. The van der Waals surface area contributed by atoms with Crippen LogP contribution in [0.4, 0.5) is 5.69 Å². The molecule has 1 aliphatic rings. The van der Waals surface area contributed by atoms with E-state index in [0.717, 1.165) is 17.1 Å². The second-order valence-electron chi connectivity index (χ2n) is 4.95. The Morgan fingerprint density at radius 3 is 2.73 bits per heavy atom. The maximum atomic E-state index is 5.61. The first kappa shape index (κ1) is 10.1. The molecular formula is C13H17NO. The van der Waals surface area contributed by atoms with Crippen LogP contribution >= 0.6 is 0 Å². The first-order valence-corrected chi connectivity index (χ1v) is 5.19. The molecule has 2 nitrogen and oxygen atoms in total. The van der Waals surface area contributed by atoms with Crippen LogP contribution in [-0.4, -0.2) is 6.61 Å². The first-order valence-electron chi connectivity index (χ1n) is 5.19. The Hall–Kier alpha value is -1.44. The summed E-state index contributed by atoms with van der Waals surface area (Å²) >= 11 is 0. The summed E-state index contributed by atoms with van der Waals surface area (Å²) in [6, 6.07) is 6.16. The largest absolute Gasteiger partial charge is 0.485 e. The zero-order chi connectivity index (χ0) is 11.1. The molecule has 0 aliphatic carbocycles. The lowest BCUT2D eigenvalue weighted by Gasteiger charge is -2.29. The number of hydrogen-bond acceptors (Lipinski definition) is 2. The molecule has 15 heavy (non-hydrogen) atoms. The van der Waals surface area contributed by atoms with Gasteiger partial charge in [-0.05, 0) is 17.0 Å². The number of rotatable bonds is 0. The fraction of sp³-hybridized carbons (Fsp3) is 0.385. The molecule has 0 radical (unpaired) electrons. The highest BCUT2D eigenvalue weighted by molar-refractivity contribution is 5.67. The van der Waals surface area contributed by atoms with Crippen LogP contribution in [0.5, 0.6) is 5.75 Å². The van der Waals surface area contributed by atoms with Gasteiger partial charge in [-0.15, -0.1) is 0 Å². The van der Waals surface area contributed by atoms with E-state index in [9.17, 15) is 0 Å². The summed E-state index contributed by atoms with van der Waals surface area (Å²) in [6.07, 6.45) is 0. The number of para-hydroxylation sites is 1. The van der Waals surface area contributed by atoms with Crippen LogP contribution in [0.3, 0.4) is 0 Å². The fourth-order valence-corrected chi connectivity index (χ4v) is 1.78. The predicted octanol–water partition coefficient (Wildman–Crippen LogP) is 3.30. The highest BCUT2D eigenvalue weighted by Gasteiger charge is 2.23. The van der Waals surface area contributed by atoms with Gasteiger partial charge in [0.15, 0.2) is 0 Å². The summed E-state index contributed by atoms with van der Waals surface area (Å²) in [5, 5.41) is 3.32. The van der Waals surface area contributed by atoms with Crippen molar-refractivity contribution < 1.29 is 4.74 Å². The molecule has 1 heterocycles. The molecule has 0 fully saturated rings. The third-order valence-corrected chi connectivity index (χ3v) is 2.54. The van der Waals surface area contributed by atoms with Crippen LogP contribution in [0.2, 0.25) is 0 Å². The monoisotopic (exact) mass is 203 g/mol. The van der Waals surface area contributed by atoms with Crippen molar-refractivity contribution in [1.29, 1.82) is 0 Å². The lowest BCUT2D eigenvalue weighted by atomic mass is 9.85. The number of ether oxygens (including phenoxy) is 1. The van der Waals surface area contributed by atoms with Gasteiger partial charge in [0.05, 0.1) is 5.69 Å². The van der Waals surface area contributed by atoms with E-state index in [4.69, 9.17) is 4.74 Å². The van der Waals surface area contributed by atoms with Crippen molar-refractivity contribution in [3.8, 4) is 5.75 Å². The summed E-state index contributed by atoms with van der Waals surface area (Å²) in [5.74, 6) is 0.926. The van der Waals surface area contributed by atoms with E-state index in [1.54, 1.807) is 0 Å². The molecule has 0 aromatic heterocycles. The average Bonchev–Trinajstić information content (AvgIpc) is 2.15. The Balaban J connectivity index is 2.53. The van der Waals surface area contributed by atoms with Gasteiger partial charge in [-0.1, -0.05) is 39.5 Å². The third-order valence-electron chi connectivity index (χ3n) is 2.54. The Labute approximate surface area is 91.0 Å². The van der Waals surface area contributed by atoms with Crippen molar-refractivity contribution >= 4 is 5.69 Å². The van der Waals surface area contributed by atoms with E-state index in [-0.39, 0.29) is 5.41 Å². The SMILES string of the molecule is C=C1COc2cccc(C(C)(C)C)c2N1. The molecule has 2 heteroatoms. The van der Waals surface area contributed by atoms with E-state index < -0.39 is 0 Å². The zero-order valence-corrected chi connectivity index (χ0v) is 9.55. The normalized spacial score (nSPS) is 15.3. The molecule has 0 bridgehead atoms. The second kappa shape index (κ2) is 3.30. The van der Waals surface area contributed by atoms with Gasteiger partial charge in [-0.2, -0.15) is 0 Å². The minimum atomic E-state index is 0.110. The number of benzene rings is 1. The van der Waals surface area contributed by atoms with Crippen molar-refractivity contribution in [2.24, 2.45) is 0 Å². The average molecular weight is 203 g/mol. The summed E-state index contributed by atoms with van der Waals surface area (Å²) in [5.41, 5.74) is 3.36. The molecule has 0 spiro atoms.